The zero-order valence-corrected chi connectivity index (χ0v) is 17.7. The minimum Gasteiger partial charge on any atom is -0.494 e. The first-order valence-electron chi connectivity index (χ1n) is 10.2. The third kappa shape index (κ3) is 2.87. The van der Waals surface area contributed by atoms with Crippen LogP contribution >= 0.6 is 0 Å². The predicted octanol–water partition coefficient (Wildman–Crippen LogP) is 5.68. The minimum atomic E-state index is -1.11. The largest absolute Gasteiger partial charge is 0.494 e. The fourth-order valence-electron chi connectivity index (χ4n) is 4.47. The molecule has 0 saturated carbocycles. The number of carboxylic acid groups (broad SMARTS) is 1. The third-order valence-electron chi connectivity index (χ3n) is 5.75. The molecule has 4 N–H and O–H groups in total. The van der Waals surface area contributed by atoms with Crippen LogP contribution in [0.15, 0.2) is 42.9 Å². The predicted molar refractivity (Wildman–Crippen MR) is 121 cm³/mol. The highest BCUT2D eigenvalue weighted by Gasteiger charge is 2.30. The van der Waals surface area contributed by atoms with E-state index in [1.807, 2.05) is 26.0 Å². The van der Waals surface area contributed by atoms with Gasteiger partial charge in [-0.05, 0) is 35.7 Å². The average molecular weight is 432 g/mol. The Balaban J connectivity index is 1.94. The lowest BCUT2D eigenvalue weighted by molar-refractivity contribution is 0.0692. The van der Waals surface area contributed by atoms with Crippen LogP contribution in [0.5, 0.6) is 5.75 Å². The number of H-pyrrole nitrogens is 3. The molecule has 32 heavy (non-hydrogen) atoms. The molecule has 4 heterocycles. The number of hydrogen-bond donors (Lipinski definition) is 4. The molecule has 0 bridgehead atoms. The summed E-state index contributed by atoms with van der Waals surface area (Å²) >= 11 is 0. The normalized spacial score (nSPS) is 11.7. The van der Waals surface area contributed by atoms with Crippen molar-refractivity contribution in [3.63, 3.8) is 0 Å². The fourth-order valence-corrected chi connectivity index (χ4v) is 4.47. The molecule has 0 aliphatic rings. The first-order valence-corrected chi connectivity index (χ1v) is 10.2. The van der Waals surface area contributed by atoms with Gasteiger partial charge in [0.1, 0.15) is 22.9 Å². The van der Waals surface area contributed by atoms with Crippen LogP contribution < -0.4 is 4.74 Å². The van der Waals surface area contributed by atoms with E-state index in [4.69, 9.17) is 4.74 Å². The van der Waals surface area contributed by atoms with Gasteiger partial charge in [0, 0.05) is 45.4 Å². The van der Waals surface area contributed by atoms with E-state index in [-0.39, 0.29) is 11.6 Å². The van der Waals surface area contributed by atoms with Gasteiger partial charge in [-0.25, -0.2) is 14.2 Å². The van der Waals surface area contributed by atoms with Crippen molar-refractivity contribution in [2.45, 2.75) is 19.8 Å². The summed E-state index contributed by atoms with van der Waals surface area (Å²) in [6.07, 6.45) is 5.06. The lowest BCUT2D eigenvalue weighted by Gasteiger charge is -2.15. The molecule has 5 rings (SSSR count). The molecule has 162 valence electrons. The lowest BCUT2D eigenvalue weighted by Crippen LogP contribution is -2.02. The molecule has 7 nitrogen and oxygen atoms in total. The van der Waals surface area contributed by atoms with Crippen LogP contribution in [0.4, 0.5) is 4.39 Å². The van der Waals surface area contributed by atoms with Crippen molar-refractivity contribution in [3.8, 4) is 28.1 Å². The zero-order chi connectivity index (χ0) is 22.6. The quantitative estimate of drug-likeness (QED) is 0.287. The van der Waals surface area contributed by atoms with Gasteiger partial charge in [0.25, 0.3) is 0 Å². The average Bonchev–Trinajstić information content (AvgIpc) is 3.49. The van der Waals surface area contributed by atoms with Crippen molar-refractivity contribution in [2.75, 3.05) is 7.11 Å². The number of fused-ring (bicyclic) bond motifs is 2. The van der Waals surface area contributed by atoms with Crippen molar-refractivity contribution in [2.24, 2.45) is 0 Å². The van der Waals surface area contributed by atoms with Gasteiger partial charge in [0.15, 0.2) is 0 Å². The number of rotatable bonds is 5. The van der Waals surface area contributed by atoms with Gasteiger partial charge < -0.3 is 24.8 Å². The van der Waals surface area contributed by atoms with Crippen molar-refractivity contribution < 1.29 is 19.0 Å². The molecule has 0 aliphatic heterocycles. The second kappa shape index (κ2) is 7.26. The maximum absolute atomic E-state index is 14.5. The van der Waals surface area contributed by atoms with Gasteiger partial charge in [0.05, 0.1) is 19.0 Å². The summed E-state index contributed by atoms with van der Waals surface area (Å²) in [6.45, 7) is 3.97. The Morgan fingerprint density at radius 2 is 1.88 bits per heavy atom. The van der Waals surface area contributed by atoms with Crippen molar-refractivity contribution in [1.29, 1.82) is 0 Å². The molecule has 4 aromatic heterocycles. The summed E-state index contributed by atoms with van der Waals surface area (Å²) < 4.78 is 20.1. The second-order valence-corrected chi connectivity index (χ2v) is 7.96. The Hall–Kier alpha value is -4.07. The molecule has 0 fully saturated rings. The molecule has 5 aromatic rings. The van der Waals surface area contributed by atoms with E-state index in [2.05, 4.69) is 19.9 Å². The third-order valence-corrected chi connectivity index (χ3v) is 5.75. The first-order chi connectivity index (χ1) is 15.4. The molecule has 0 atom stereocenters. The summed E-state index contributed by atoms with van der Waals surface area (Å²) in [6, 6.07) is 6.55. The van der Waals surface area contributed by atoms with E-state index >= 15 is 0 Å². The standard InChI is InChI=1S/C24H21FN4O3/c1-11(2)18-20(19-14-5-7-27-23(14)28-10-17(19)32-3)22(24(30)31)29-21(18)15-8-12(25)9-16-13(15)4-6-26-16/h4-11,26,29H,1-3H3,(H,27,28)(H,30,31). The van der Waals surface area contributed by atoms with Crippen LogP contribution in [0.2, 0.25) is 0 Å². The Morgan fingerprint density at radius 3 is 2.59 bits per heavy atom. The minimum absolute atomic E-state index is 0.0173. The van der Waals surface area contributed by atoms with E-state index in [0.717, 1.165) is 16.3 Å². The van der Waals surface area contributed by atoms with Gasteiger partial charge >= 0.3 is 5.97 Å². The van der Waals surface area contributed by atoms with Crippen LogP contribution in [0.1, 0.15) is 35.8 Å². The van der Waals surface area contributed by atoms with Crippen molar-refractivity contribution in [1.82, 2.24) is 19.9 Å². The highest BCUT2D eigenvalue weighted by molar-refractivity contribution is 6.07. The van der Waals surface area contributed by atoms with Crippen molar-refractivity contribution in [3.05, 3.63) is 59.9 Å². The molecule has 0 aliphatic carbocycles. The summed E-state index contributed by atoms with van der Waals surface area (Å²) in [7, 11) is 1.53. The number of aromatic carboxylic acids is 1. The lowest BCUT2D eigenvalue weighted by atomic mass is 9.89. The number of benzene rings is 1. The van der Waals surface area contributed by atoms with Crippen LogP contribution in [-0.2, 0) is 0 Å². The van der Waals surface area contributed by atoms with Crippen LogP contribution in [0, 0.1) is 5.82 Å². The van der Waals surface area contributed by atoms with E-state index in [0.29, 0.717) is 39.3 Å². The summed E-state index contributed by atoms with van der Waals surface area (Å²) in [5, 5.41) is 11.7. The van der Waals surface area contributed by atoms with Crippen LogP contribution in [0.3, 0.4) is 0 Å². The second-order valence-electron chi connectivity index (χ2n) is 7.96. The molecule has 0 unspecified atom stereocenters. The number of methoxy groups -OCH3 is 1. The highest BCUT2D eigenvalue weighted by atomic mass is 19.1. The van der Waals surface area contributed by atoms with E-state index in [1.165, 1.54) is 19.2 Å². The molecular formula is C24H21FN4O3. The topological polar surface area (TPSA) is 107 Å². The maximum Gasteiger partial charge on any atom is 0.352 e. The number of halogens is 1. The summed E-state index contributed by atoms with van der Waals surface area (Å²) in [5.41, 5.74) is 4.34. The smallest absolute Gasteiger partial charge is 0.352 e. The summed E-state index contributed by atoms with van der Waals surface area (Å²) in [5.74, 6) is -1.14. The van der Waals surface area contributed by atoms with E-state index < -0.39 is 11.8 Å². The number of pyridine rings is 1. The van der Waals surface area contributed by atoms with E-state index in [9.17, 15) is 14.3 Å². The first kappa shape index (κ1) is 19.9. The molecular weight excluding hydrogens is 411 g/mol. The number of hydrogen-bond acceptors (Lipinski definition) is 3. The molecule has 0 spiro atoms. The van der Waals surface area contributed by atoms with E-state index in [1.54, 1.807) is 18.6 Å². The molecule has 0 saturated heterocycles. The fraction of sp³-hybridized carbons (Fsp3) is 0.167. The summed E-state index contributed by atoms with van der Waals surface area (Å²) in [4.78, 5) is 26.0. The van der Waals surface area contributed by atoms with Gasteiger partial charge in [-0.2, -0.15) is 0 Å². The highest BCUT2D eigenvalue weighted by Crippen LogP contribution is 2.46. The maximum atomic E-state index is 14.5. The van der Waals surface area contributed by atoms with Gasteiger partial charge in [0.2, 0.25) is 0 Å². The van der Waals surface area contributed by atoms with Gasteiger partial charge in [-0.1, -0.05) is 13.8 Å². The number of aromatic nitrogens is 4. The molecule has 0 amide bonds. The number of aromatic amines is 3. The number of carboxylic acids is 1. The Labute approximate surface area is 182 Å². The van der Waals surface area contributed by atoms with Gasteiger partial charge in [-0.3, -0.25) is 0 Å². The molecule has 0 radical (unpaired) electrons. The van der Waals surface area contributed by atoms with Gasteiger partial charge in [-0.15, -0.1) is 0 Å². The Bertz CT molecular complexity index is 1490. The number of nitrogens with one attached hydrogen (secondary N) is 3. The number of ether oxygens (including phenoxy) is 1. The Morgan fingerprint density at radius 1 is 1.12 bits per heavy atom. The monoisotopic (exact) mass is 432 g/mol. The number of nitrogens with zero attached hydrogens (tertiary/aromatic N) is 1. The molecule has 8 heteroatoms. The van der Waals surface area contributed by atoms with Crippen LogP contribution in [-0.4, -0.2) is 38.1 Å². The zero-order valence-electron chi connectivity index (χ0n) is 17.7. The SMILES string of the molecule is COc1cnc2[nH]ccc2c1-c1c(C(=O)O)[nH]c(-c2cc(F)cc3[nH]ccc23)c1C(C)C. The number of carbonyl (C=O) groups is 1. The molecule has 1 aromatic carbocycles. The van der Waals surface area contributed by atoms with Crippen LogP contribution in [0.25, 0.3) is 44.3 Å². The van der Waals surface area contributed by atoms with Crippen molar-refractivity contribution >= 4 is 27.9 Å². The Kier molecular flexibility index (Phi) is 4.51.